The highest BCUT2D eigenvalue weighted by atomic mass is 16.3. The highest BCUT2D eigenvalue weighted by molar-refractivity contribution is 6.19. The molecular weight excluding hydrogens is 805 g/mol. The molecule has 66 heavy (non-hydrogen) atoms. The van der Waals surface area contributed by atoms with Gasteiger partial charge < -0.3 is 8.98 Å². The predicted octanol–water partition coefficient (Wildman–Crippen LogP) is 16.1. The van der Waals surface area contributed by atoms with Gasteiger partial charge >= 0.3 is 0 Å². The van der Waals surface area contributed by atoms with Crippen molar-refractivity contribution >= 4 is 104 Å². The molecular formula is C61H40N4O. The van der Waals surface area contributed by atoms with E-state index in [0.29, 0.717) is 11.7 Å². The van der Waals surface area contributed by atoms with E-state index in [1.807, 2.05) is 12.1 Å². The van der Waals surface area contributed by atoms with Crippen molar-refractivity contribution in [2.24, 2.45) is 9.98 Å². The third-order valence-corrected chi connectivity index (χ3v) is 13.3. The summed E-state index contributed by atoms with van der Waals surface area (Å²) in [7, 11) is 0. The highest BCUT2D eigenvalue weighted by Crippen LogP contribution is 2.40. The second kappa shape index (κ2) is 14.9. The van der Waals surface area contributed by atoms with Crippen LogP contribution in [0.2, 0.25) is 0 Å². The summed E-state index contributed by atoms with van der Waals surface area (Å²) in [6.45, 7) is 6.60. The maximum atomic E-state index is 6.57. The molecule has 0 N–H and O–H groups in total. The predicted molar refractivity (Wildman–Crippen MR) is 278 cm³/mol. The van der Waals surface area contributed by atoms with E-state index in [2.05, 4.69) is 223 Å². The molecule has 0 saturated carbocycles. The molecule has 0 saturated heterocycles. The molecule has 3 heterocycles. The molecule has 0 fully saturated rings. The summed E-state index contributed by atoms with van der Waals surface area (Å²) in [5.74, 6) is 0.548. The largest absolute Gasteiger partial charge is 0.454 e. The molecule has 3 aromatic heterocycles. The van der Waals surface area contributed by atoms with Gasteiger partial charge in [0.1, 0.15) is 5.58 Å². The Kier molecular flexibility index (Phi) is 8.52. The molecule has 0 aliphatic carbocycles. The van der Waals surface area contributed by atoms with Gasteiger partial charge in [-0.05, 0) is 106 Å². The number of hydrogen-bond acceptors (Lipinski definition) is 2. The average molecular weight is 845 g/mol. The van der Waals surface area contributed by atoms with Gasteiger partial charge in [-0.25, -0.2) is 9.98 Å². The van der Waals surface area contributed by atoms with Crippen molar-refractivity contribution in [3.8, 4) is 16.8 Å². The van der Waals surface area contributed by atoms with Gasteiger partial charge in [-0.15, -0.1) is 0 Å². The molecule has 0 spiro atoms. The molecule has 13 rings (SSSR count). The molecule has 5 nitrogen and oxygen atoms in total. The second-order valence-corrected chi connectivity index (χ2v) is 17.1. The van der Waals surface area contributed by atoms with Gasteiger partial charge in [-0.1, -0.05) is 158 Å². The Labute approximate surface area is 380 Å². The Morgan fingerprint density at radius 3 is 1.70 bits per heavy atom. The van der Waals surface area contributed by atoms with Gasteiger partial charge in [0, 0.05) is 43.6 Å². The molecule has 5 heteroatoms. The Hall–Kier alpha value is -8.80. The van der Waals surface area contributed by atoms with Gasteiger partial charge in [0.2, 0.25) is 5.96 Å². The van der Waals surface area contributed by atoms with Crippen molar-refractivity contribution in [3.05, 3.63) is 230 Å². The Balaban J connectivity index is 0.975. The number of furan rings is 1. The molecule has 0 bridgehead atoms. The van der Waals surface area contributed by atoms with Crippen molar-refractivity contribution in [3.63, 3.8) is 0 Å². The maximum Gasteiger partial charge on any atom is 0.235 e. The summed E-state index contributed by atoms with van der Waals surface area (Å²) < 4.78 is 11.1. The van der Waals surface area contributed by atoms with Crippen molar-refractivity contribution in [2.45, 2.75) is 6.92 Å². The van der Waals surface area contributed by atoms with E-state index in [9.17, 15) is 0 Å². The number of rotatable bonds is 5. The van der Waals surface area contributed by atoms with E-state index in [1.165, 1.54) is 26.9 Å². The van der Waals surface area contributed by atoms with Crippen molar-refractivity contribution in [1.29, 1.82) is 0 Å². The van der Waals surface area contributed by atoms with E-state index in [4.69, 9.17) is 14.4 Å². The number of benzene rings is 10. The summed E-state index contributed by atoms with van der Waals surface area (Å²) in [5.41, 5.74) is 12.8. The Bertz CT molecular complexity index is 4210. The lowest BCUT2D eigenvalue weighted by atomic mass is 10.0. The number of fused-ring (bicyclic) bond motifs is 11. The summed E-state index contributed by atoms with van der Waals surface area (Å²) >= 11 is 0. The van der Waals surface area contributed by atoms with Crippen LogP contribution in [0.1, 0.15) is 18.1 Å². The monoisotopic (exact) mass is 844 g/mol. The third-order valence-electron chi connectivity index (χ3n) is 13.3. The topological polar surface area (TPSA) is 47.7 Å². The fourth-order valence-corrected chi connectivity index (χ4v) is 10.00. The summed E-state index contributed by atoms with van der Waals surface area (Å²) in [5, 5.41) is 11.5. The first-order valence-corrected chi connectivity index (χ1v) is 22.3. The van der Waals surface area contributed by atoms with E-state index in [0.717, 1.165) is 93.8 Å². The first kappa shape index (κ1) is 37.7. The molecule has 0 amide bonds. The summed E-state index contributed by atoms with van der Waals surface area (Å²) in [6.07, 6.45) is 0. The van der Waals surface area contributed by atoms with Crippen LogP contribution in [0.5, 0.6) is 0 Å². The van der Waals surface area contributed by atoms with Crippen LogP contribution in [-0.4, -0.2) is 20.8 Å². The maximum absolute atomic E-state index is 6.57. The van der Waals surface area contributed by atoms with Crippen molar-refractivity contribution < 1.29 is 4.42 Å². The standard InChI is InChI=1S/C61H40N4O/c1-38(42-28-26-40-14-3-5-16-44(40)34-42)62-61(63-39(2)43-29-27-41-15-4-6-17-45(41)35-43)65-55-23-11-8-19-49(55)53-37-47(31-33-57(53)65)46-30-32-56-52(36-46)48-18-7-10-22-54(48)64(56)58-24-13-21-51-50-20-9-12-25-59(50)66-60(51)58/h3-37H,1H2,2H3/b62-61+,63-39+. The minimum Gasteiger partial charge on any atom is -0.454 e. The van der Waals surface area contributed by atoms with Gasteiger partial charge in [0.25, 0.3) is 0 Å². The van der Waals surface area contributed by atoms with Gasteiger partial charge in [0.05, 0.1) is 33.5 Å². The molecule has 10 aromatic carbocycles. The van der Waals surface area contributed by atoms with Crippen LogP contribution in [0.25, 0.3) is 110 Å². The number of aliphatic imine (C=N–C) groups is 2. The first-order chi connectivity index (χ1) is 32.5. The Morgan fingerprint density at radius 1 is 0.424 bits per heavy atom. The van der Waals surface area contributed by atoms with Crippen molar-refractivity contribution in [2.75, 3.05) is 0 Å². The fourth-order valence-electron chi connectivity index (χ4n) is 10.00. The smallest absolute Gasteiger partial charge is 0.235 e. The SMILES string of the molecule is C=C(/N=C(\N=C(/C)c1ccc2ccccc2c1)n1c2ccccc2c2cc(-c3ccc4c(c3)c3ccccc3n4-c3cccc4c3oc3ccccc34)ccc21)c1ccc2ccccc2c1. The van der Waals surface area contributed by atoms with E-state index >= 15 is 0 Å². The van der Waals surface area contributed by atoms with Gasteiger partial charge in [-0.3, -0.25) is 4.57 Å². The van der Waals surface area contributed by atoms with E-state index in [-0.39, 0.29) is 0 Å². The quantitative estimate of drug-likeness (QED) is 0.126. The average Bonchev–Trinajstić information content (AvgIpc) is 4.03. The molecule has 0 radical (unpaired) electrons. The van der Waals surface area contributed by atoms with Crippen LogP contribution in [0, 0.1) is 0 Å². The van der Waals surface area contributed by atoms with Gasteiger partial charge in [-0.2, -0.15) is 0 Å². The van der Waals surface area contributed by atoms with E-state index in [1.54, 1.807) is 0 Å². The Morgan fingerprint density at radius 2 is 0.955 bits per heavy atom. The molecule has 310 valence electrons. The zero-order valence-electron chi connectivity index (χ0n) is 36.1. The zero-order chi connectivity index (χ0) is 43.9. The van der Waals surface area contributed by atoms with E-state index < -0.39 is 0 Å². The number of hydrogen-bond donors (Lipinski definition) is 0. The summed E-state index contributed by atoms with van der Waals surface area (Å²) in [4.78, 5) is 10.7. The molecule has 0 atom stereocenters. The third kappa shape index (κ3) is 6.01. The lowest BCUT2D eigenvalue weighted by Crippen LogP contribution is -2.12. The molecule has 13 aromatic rings. The minimum absolute atomic E-state index is 0.548. The van der Waals surface area contributed by atoms with Crippen LogP contribution >= 0.6 is 0 Å². The van der Waals surface area contributed by atoms with Crippen LogP contribution in [0.15, 0.2) is 233 Å². The number of nitrogens with zero attached hydrogens (tertiary/aromatic N) is 4. The second-order valence-electron chi connectivity index (χ2n) is 17.1. The lowest BCUT2D eigenvalue weighted by Gasteiger charge is -2.12. The number of para-hydroxylation sites is 4. The molecule has 0 aliphatic heterocycles. The fraction of sp³-hybridized carbons (Fsp3) is 0.0164. The normalized spacial score (nSPS) is 12.6. The first-order valence-electron chi connectivity index (χ1n) is 22.3. The van der Waals surface area contributed by atoms with Crippen molar-refractivity contribution in [1.82, 2.24) is 9.13 Å². The van der Waals surface area contributed by atoms with Crippen LogP contribution in [0.3, 0.4) is 0 Å². The molecule has 0 unspecified atom stereocenters. The number of aromatic nitrogens is 2. The van der Waals surface area contributed by atoms with Gasteiger partial charge in [0.15, 0.2) is 5.58 Å². The zero-order valence-corrected chi connectivity index (χ0v) is 36.1. The van der Waals surface area contributed by atoms with Crippen LogP contribution in [-0.2, 0) is 0 Å². The van der Waals surface area contributed by atoms with Crippen LogP contribution < -0.4 is 0 Å². The lowest BCUT2D eigenvalue weighted by molar-refractivity contribution is 0.666. The molecule has 0 aliphatic rings. The van der Waals surface area contributed by atoms with Crippen LogP contribution in [0.4, 0.5) is 0 Å². The highest BCUT2D eigenvalue weighted by Gasteiger charge is 2.20. The minimum atomic E-state index is 0.548. The summed E-state index contributed by atoms with van der Waals surface area (Å²) in [6, 6.07) is 75.2.